The first kappa shape index (κ1) is 19.4. The van der Waals surface area contributed by atoms with Gasteiger partial charge in [-0.2, -0.15) is 0 Å². The Kier molecular flexibility index (Phi) is 6.06. The van der Waals surface area contributed by atoms with E-state index in [9.17, 15) is 4.79 Å². The molecular weight excluding hydrogens is 382 g/mol. The topological polar surface area (TPSA) is 38.8 Å². The van der Waals surface area contributed by atoms with E-state index in [4.69, 9.17) is 9.47 Å². The maximum atomic E-state index is 13.1. The third kappa shape index (κ3) is 4.57. The maximum Gasteiger partial charge on any atom is 0.255 e. The first-order valence-electron chi connectivity index (χ1n) is 9.58. The van der Waals surface area contributed by atoms with Gasteiger partial charge in [-0.05, 0) is 41.5 Å². The van der Waals surface area contributed by atoms with Crippen molar-refractivity contribution in [3.05, 3.63) is 95.6 Å². The van der Waals surface area contributed by atoms with Gasteiger partial charge in [0.15, 0.2) is 0 Å². The smallest absolute Gasteiger partial charge is 0.255 e. The second-order valence-corrected chi connectivity index (χ2v) is 7.99. The summed E-state index contributed by atoms with van der Waals surface area (Å²) in [6, 6.07) is 25.5. The Hall–Kier alpha value is -2.92. The summed E-state index contributed by atoms with van der Waals surface area (Å²) in [6.07, 6.45) is 0. The number of nitrogens with zero attached hydrogens (tertiary/aromatic N) is 1. The monoisotopic (exact) mass is 405 g/mol. The predicted octanol–water partition coefficient (Wildman–Crippen LogP) is 5.16. The van der Waals surface area contributed by atoms with Gasteiger partial charge in [0.05, 0.1) is 7.11 Å². The number of carbonyl (C=O) groups excluding carboxylic acids is 1. The van der Waals surface area contributed by atoms with Crippen LogP contribution in [0.15, 0.2) is 78.9 Å². The molecule has 1 fully saturated rings. The largest absolute Gasteiger partial charge is 0.497 e. The second-order valence-electron chi connectivity index (χ2n) is 6.80. The summed E-state index contributed by atoms with van der Waals surface area (Å²) < 4.78 is 11.1. The lowest BCUT2D eigenvalue weighted by Crippen LogP contribution is -2.30. The van der Waals surface area contributed by atoms with Crippen LogP contribution in [0.5, 0.6) is 11.5 Å². The van der Waals surface area contributed by atoms with Crippen LogP contribution in [0.1, 0.15) is 26.9 Å². The highest BCUT2D eigenvalue weighted by atomic mass is 32.2. The number of methoxy groups -OCH3 is 1. The maximum absolute atomic E-state index is 13.1. The molecule has 3 aromatic rings. The lowest BCUT2D eigenvalue weighted by molar-refractivity contribution is 0.0760. The molecule has 4 rings (SSSR count). The van der Waals surface area contributed by atoms with Crippen molar-refractivity contribution in [1.29, 1.82) is 0 Å². The highest BCUT2D eigenvalue weighted by molar-refractivity contribution is 7.99. The second kappa shape index (κ2) is 9.05. The molecule has 0 saturated carbocycles. The molecule has 0 radical (unpaired) electrons. The van der Waals surface area contributed by atoms with Crippen LogP contribution < -0.4 is 9.47 Å². The molecular formula is C24H23NO3S. The van der Waals surface area contributed by atoms with E-state index in [1.165, 1.54) is 0 Å². The van der Waals surface area contributed by atoms with Crippen molar-refractivity contribution >= 4 is 17.7 Å². The highest BCUT2D eigenvalue weighted by Crippen LogP contribution is 2.39. The summed E-state index contributed by atoms with van der Waals surface area (Å²) in [4.78, 5) is 15.0. The van der Waals surface area contributed by atoms with Crippen molar-refractivity contribution in [3.63, 3.8) is 0 Å². The van der Waals surface area contributed by atoms with Crippen molar-refractivity contribution in [3.8, 4) is 11.5 Å². The quantitative estimate of drug-likeness (QED) is 0.568. The van der Waals surface area contributed by atoms with E-state index in [0.717, 1.165) is 29.2 Å². The van der Waals surface area contributed by atoms with Crippen molar-refractivity contribution in [2.75, 3.05) is 19.4 Å². The van der Waals surface area contributed by atoms with Crippen molar-refractivity contribution in [2.45, 2.75) is 12.0 Å². The molecule has 1 saturated heterocycles. The van der Waals surface area contributed by atoms with Crippen molar-refractivity contribution < 1.29 is 14.3 Å². The van der Waals surface area contributed by atoms with Crippen LogP contribution >= 0.6 is 11.8 Å². The third-order valence-corrected chi connectivity index (χ3v) is 6.14. The van der Waals surface area contributed by atoms with Crippen LogP contribution in [0.4, 0.5) is 0 Å². The van der Waals surface area contributed by atoms with Crippen molar-refractivity contribution in [2.24, 2.45) is 0 Å². The first-order chi connectivity index (χ1) is 14.2. The molecule has 29 heavy (non-hydrogen) atoms. The van der Waals surface area contributed by atoms with E-state index in [0.29, 0.717) is 17.9 Å². The van der Waals surface area contributed by atoms with Gasteiger partial charge in [-0.25, -0.2) is 0 Å². The van der Waals surface area contributed by atoms with Crippen LogP contribution in [-0.4, -0.2) is 30.2 Å². The van der Waals surface area contributed by atoms with Crippen LogP contribution in [0.25, 0.3) is 0 Å². The fourth-order valence-electron chi connectivity index (χ4n) is 3.35. The third-order valence-electron chi connectivity index (χ3n) is 4.88. The Morgan fingerprint density at radius 3 is 2.55 bits per heavy atom. The van der Waals surface area contributed by atoms with Gasteiger partial charge in [0.2, 0.25) is 0 Å². The van der Waals surface area contributed by atoms with E-state index >= 15 is 0 Å². The van der Waals surface area contributed by atoms with Gasteiger partial charge in [0.25, 0.3) is 5.91 Å². The van der Waals surface area contributed by atoms with E-state index in [-0.39, 0.29) is 11.3 Å². The minimum atomic E-state index is 0.0110. The molecule has 0 aliphatic carbocycles. The average molecular weight is 406 g/mol. The molecule has 3 aromatic carbocycles. The van der Waals surface area contributed by atoms with Gasteiger partial charge in [0, 0.05) is 17.9 Å². The Morgan fingerprint density at radius 2 is 1.79 bits per heavy atom. The Balaban J connectivity index is 1.45. The van der Waals surface area contributed by atoms with Gasteiger partial charge in [-0.1, -0.05) is 48.5 Å². The molecule has 0 N–H and O–H groups in total. The predicted molar refractivity (Wildman–Crippen MR) is 116 cm³/mol. The molecule has 0 unspecified atom stereocenters. The molecule has 1 heterocycles. The molecule has 1 aliphatic heterocycles. The van der Waals surface area contributed by atoms with Gasteiger partial charge in [-0.15, -0.1) is 11.8 Å². The van der Waals surface area contributed by atoms with E-state index in [2.05, 4.69) is 12.1 Å². The van der Waals surface area contributed by atoms with Crippen LogP contribution in [0.3, 0.4) is 0 Å². The zero-order valence-corrected chi connectivity index (χ0v) is 17.1. The minimum Gasteiger partial charge on any atom is -0.497 e. The molecule has 0 aromatic heterocycles. The highest BCUT2D eigenvalue weighted by Gasteiger charge is 2.31. The molecule has 0 spiro atoms. The standard InChI is InChI=1S/C24H23NO3S/c1-27-22-9-5-8-20(16-22)23(26)25-14-15-29-24(25)19-10-12-21(13-11-19)28-17-18-6-3-2-4-7-18/h2-13,16,24H,14-15,17H2,1H3/t24-/m0/s1. The number of hydrogen-bond acceptors (Lipinski definition) is 4. The zero-order chi connectivity index (χ0) is 20.1. The van der Waals surface area contributed by atoms with E-state index < -0.39 is 0 Å². The molecule has 1 amide bonds. The minimum absolute atomic E-state index is 0.0110. The number of ether oxygens (including phenoxy) is 2. The van der Waals surface area contributed by atoms with Crippen LogP contribution in [-0.2, 0) is 6.61 Å². The van der Waals surface area contributed by atoms with Crippen LogP contribution in [0, 0.1) is 0 Å². The molecule has 1 atom stereocenters. The summed E-state index contributed by atoms with van der Waals surface area (Å²) in [5, 5.41) is 0.0110. The van der Waals surface area contributed by atoms with Gasteiger partial charge < -0.3 is 14.4 Å². The number of amides is 1. The molecule has 5 heteroatoms. The van der Waals surface area contributed by atoms with Gasteiger partial charge in [0.1, 0.15) is 23.5 Å². The number of rotatable bonds is 6. The van der Waals surface area contributed by atoms with Gasteiger partial charge >= 0.3 is 0 Å². The SMILES string of the molecule is COc1cccc(C(=O)N2CCS[C@H]2c2ccc(OCc3ccccc3)cc2)c1. The molecule has 1 aliphatic rings. The molecule has 4 nitrogen and oxygen atoms in total. The Bertz CT molecular complexity index is 959. The van der Waals surface area contributed by atoms with E-state index in [1.807, 2.05) is 65.6 Å². The number of benzene rings is 3. The summed E-state index contributed by atoms with van der Waals surface area (Å²) in [7, 11) is 1.61. The van der Waals surface area contributed by atoms with Crippen molar-refractivity contribution in [1.82, 2.24) is 4.90 Å². The number of hydrogen-bond donors (Lipinski definition) is 0. The van der Waals surface area contributed by atoms with E-state index in [1.54, 1.807) is 24.9 Å². The average Bonchev–Trinajstić information content (AvgIpc) is 3.28. The first-order valence-corrected chi connectivity index (χ1v) is 10.6. The zero-order valence-electron chi connectivity index (χ0n) is 16.3. The van der Waals surface area contributed by atoms with Crippen LogP contribution in [0.2, 0.25) is 0 Å². The molecule has 148 valence electrons. The number of carbonyl (C=O) groups is 1. The lowest BCUT2D eigenvalue weighted by Gasteiger charge is -2.24. The lowest BCUT2D eigenvalue weighted by atomic mass is 10.1. The molecule has 0 bridgehead atoms. The fraction of sp³-hybridized carbons (Fsp3) is 0.208. The summed E-state index contributed by atoms with van der Waals surface area (Å²) >= 11 is 1.79. The van der Waals surface area contributed by atoms with Gasteiger partial charge in [-0.3, -0.25) is 4.79 Å². The Labute approximate surface area is 175 Å². The summed E-state index contributed by atoms with van der Waals surface area (Å²) in [5.41, 5.74) is 2.90. The summed E-state index contributed by atoms with van der Waals surface area (Å²) in [5.74, 6) is 2.47. The number of thioether (sulfide) groups is 1. The fourth-order valence-corrected chi connectivity index (χ4v) is 4.60. The normalized spacial score (nSPS) is 15.9. The Morgan fingerprint density at radius 1 is 1.00 bits per heavy atom. The summed E-state index contributed by atoms with van der Waals surface area (Å²) in [6.45, 7) is 1.27.